The number of ether oxygens (including phenoxy) is 1. The fourth-order valence-corrected chi connectivity index (χ4v) is 3.99. The number of hydrogen-bond acceptors (Lipinski definition) is 7. The van der Waals surface area contributed by atoms with E-state index in [1.54, 1.807) is 37.9 Å². The van der Waals surface area contributed by atoms with Crippen LogP contribution in [0, 0.1) is 0 Å². The molecule has 2 aromatic carbocycles. The zero-order chi connectivity index (χ0) is 19.2. The maximum Gasteiger partial charge on any atom is 0.253 e. The summed E-state index contributed by atoms with van der Waals surface area (Å²) in [6.07, 6.45) is 0. The molecule has 3 rings (SSSR count). The summed E-state index contributed by atoms with van der Waals surface area (Å²) in [6, 6.07) is 15.3. The van der Waals surface area contributed by atoms with Crippen LogP contribution in [-0.2, 0) is 5.75 Å². The smallest absolute Gasteiger partial charge is 0.253 e. The number of amides is 1. The Labute approximate surface area is 166 Å². The second-order valence-corrected chi connectivity index (χ2v) is 8.11. The summed E-state index contributed by atoms with van der Waals surface area (Å²) in [6.45, 7) is 0. The molecular weight excluding hydrogens is 380 g/mol. The Morgan fingerprint density at radius 1 is 1.11 bits per heavy atom. The fraction of sp³-hybridized carbons (Fsp3) is 0.211. The van der Waals surface area contributed by atoms with Crippen LogP contribution < -0.4 is 10.1 Å². The summed E-state index contributed by atoms with van der Waals surface area (Å²) >= 11 is 3.13. The van der Waals surface area contributed by atoms with Crippen molar-refractivity contribution in [3.63, 3.8) is 0 Å². The third-order valence-corrected chi connectivity index (χ3v) is 5.76. The van der Waals surface area contributed by atoms with Gasteiger partial charge in [0, 0.05) is 31.1 Å². The molecule has 0 unspecified atom stereocenters. The van der Waals surface area contributed by atoms with Crippen LogP contribution in [0.2, 0.25) is 0 Å². The van der Waals surface area contributed by atoms with Crippen molar-refractivity contribution in [3.05, 3.63) is 59.7 Å². The minimum Gasteiger partial charge on any atom is -0.497 e. The molecule has 1 heterocycles. The first kappa shape index (κ1) is 19.2. The molecule has 8 heteroatoms. The summed E-state index contributed by atoms with van der Waals surface area (Å²) in [5, 5.41) is 12.4. The van der Waals surface area contributed by atoms with E-state index < -0.39 is 0 Å². The minimum absolute atomic E-state index is 0.00701. The van der Waals surface area contributed by atoms with Gasteiger partial charge in [0.1, 0.15) is 5.75 Å². The van der Waals surface area contributed by atoms with E-state index in [2.05, 4.69) is 15.5 Å². The number of rotatable bonds is 7. The number of methoxy groups -OCH3 is 1. The lowest BCUT2D eigenvalue weighted by molar-refractivity contribution is 0.0827. The molecular formula is C19H20N4O2S2. The Morgan fingerprint density at radius 2 is 1.81 bits per heavy atom. The van der Waals surface area contributed by atoms with Crippen molar-refractivity contribution in [2.75, 3.05) is 26.5 Å². The number of hydrogen-bond donors (Lipinski definition) is 1. The number of benzene rings is 2. The highest BCUT2D eigenvalue weighted by Gasteiger charge is 2.09. The van der Waals surface area contributed by atoms with Crippen LogP contribution in [0.1, 0.15) is 15.9 Å². The molecule has 0 bridgehead atoms. The van der Waals surface area contributed by atoms with Gasteiger partial charge in [-0.3, -0.25) is 4.79 Å². The predicted molar refractivity (Wildman–Crippen MR) is 110 cm³/mol. The summed E-state index contributed by atoms with van der Waals surface area (Å²) < 4.78 is 6.04. The Morgan fingerprint density at radius 3 is 2.44 bits per heavy atom. The Balaban J connectivity index is 1.55. The molecule has 3 aromatic rings. The first-order chi connectivity index (χ1) is 13.0. The van der Waals surface area contributed by atoms with Gasteiger partial charge in [0.25, 0.3) is 5.91 Å². The van der Waals surface area contributed by atoms with E-state index in [-0.39, 0.29) is 5.91 Å². The summed E-state index contributed by atoms with van der Waals surface area (Å²) in [5.74, 6) is 1.59. The van der Waals surface area contributed by atoms with Crippen LogP contribution in [0.4, 0.5) is 10.8 Å². The average Bonchev–Trinajstić information content (AvgIpc) is 3.14. The van der Waals surface area contributed by atoms with Gasteiger partial charge in [-0.15, -0.1) is 10.2 Å². The molecule has 1 amide bonds. The molecule has 0 aliphatic rings. The number of nitrogens with zero attached hydrogens (tertiary/aromatic N) is 3. The van der Waals surface area contributed by atoms with Crippen LogP contribution in [-0.4, -0.2) is 42.2 Å². The number of carbonyl (C=O) groups is 1. The maximum atomic E-state index is 11.9. The molecule has 0 atom stereocenters. The molecule has 0 saturated carbocycles. The Bertz CT molecular complexity index is 893. The van der Waals surface area contributed by atoms with Gasteiger partial charge in [0.15, 0.2) is 4.34 Å². The van der Waals surface area contributed by atoms with Gasteiger partial charge in [-0.1, -0.05) is 35.2 Å². The molecule has 0 aliphatic carbocycles. The van der Waals surface area contributed by atoms with E-state index in [1.165, 1.54) is 11.3 Å². The molecule has 6 nitrogen and oxygen atoms in total. The summed E-state index contributed by atoms with van der Waals surface area (Å²) in [5.41, 5.74) is 2.76. The monoisotopic (exact) mass is 400 g/mol. The molecule has 0 fully saturated rings. The van der Waals surface area contributed by atoms with E-state index in [4.69, 9.17) is 4.74 Å². The van der Waals surface area contributed by atoms with Crippen molar-refractivity contribution in [2.45, 2.75) is 10.1 Å². The van der Waals surface area contributed by atoms with Gasteiger partial charge in [0.2, 0.25) is 5.13 Å². The third kappa shape index (κ3) is 5.21. The highest BCUT2D eigenvalue weighted by Crippen LogP contribution is 2.30. The van der Waals surface area contributed by atoms with E-state index in [0.717, 1.165) is 32.2 Å². The third-order valence-electron chi connectivity index (χ3n) is 3.72. The highest BCUT2D eigenvalue weighted by atomic mass is 32.2. The second kappa shape index (κ2) is 8.88. The topological polar surface area (TPSA) is 67.3 Å². The summed E-state index contributed by atoms with van der Waals surface area (Å²) in [7, 11) is 5.14. The number of thioether (sulfide) groups is 1. The van der Waals surface area contributed by atoms with Crippen molar-refractivity contribution in [2.24, 2.45) is 0 Å². The minimum atomic E-state index is 0.00701. The SMILES string of the molecule is COc1ccc(Nc2nnc(SCc3ccc(C(=O)N(C)C)cc3)s2)cc1. The van der Waals surface area contributed by atoms with Gasteiger partial charge in [-0.25, -0.2) is 0 Å². The molecule has 0 spiro atoms. The largest absolute Gasteiger partial charge is 0.497 e. The van der Waals surface area contributed by atoms with Crippen molar-refractivity contribution in [1.82, 2.24) is 15.1 Å². The molecule has 1 aromatic heterocycles. The zero-order valence-electron chi connectivity index (χ0n) is 15.3. The number of carbonyl (C=O) groups excluding carboxylic acids is 1. The van der Waals surface area contributed by atoms with Crippen molar-refractivity contribution in [3.8, 4) is 5.75 Å². The standard InChI is InChI=1S/C19H20N4O2S2/c1-23(2)17(24)14-6-4-13(5-7-14)12-26-19-22-21-18(27-19)20-15-8-10-16(25-3)11-9-15/h4-11H,12H2,1-3H3,(H,20,21). The van der Waals surface area contributed by atoms with Crippen LogP contribution in [0.25, 0.3) is 0 Å². The Hall–Kier alpha value is -2.58. The molecule has 0 saturated heterocycles. The highest BCUT2D eigenvalue weighted by molar-refractivity contribution is 8.00. The van der Waals surface area contributed by atoms with Gasteiger partial charge >= 0.3 is 0 Å². The number of aromatic nitrogens is 2. The van der Waals surface area contributed by atoms with Gasteiger partial charge < -0.3 is 15.0 Å². The van der Waals surface area contributed by atoms with E-state index in [1.807, 2.05) is 48.5 Å². The Kier molecular flexibility index (Phi) is 6.31. The predicted octanol–water partition coefficient (Wildman–Crippen LogP) is 4.28. The zero-order valence-corrected chi connectivity index (χ0v) is 16.9. The lowest BCUT2D eigenvalue weighted by Gasteiger charge is -2.10. The van der Waals surface area contributed by atoms with Crippen LogP contribution in [0.5, 0.6) is 5.75 Å². The van der Waals surface area contributed by atoms with Crippen LogP contribution in [0.15, 0.2) is 52.9 Å². The van der Waals surface area contributed by atoms with Crippen LogP contribution >= 0.6 is 23.1 Å². The van der Waals surface area contributed by atoms with Crippen LogP contribution in [0.3, 0.4) is 0 Å². The van der Waals surface area contributed by atoms with Gasteiger partial charge in [-0.05, 0) is 42.0 Å². The molecule has 0 radical (unpaired) electrons. The van der Waals surface area contributed by atoms with Gasteiger partial charge in [0.05, 0.1) is 7.11 Å². The molecule has 27 heavy (non-hydrogen) atoms. The van der Waals surface area contributed by atoms with Crippen molar-refractivity contribution >= 4 is 39.8 Å². The van der Waals surface area contributed by atoms with E-state index >= 15 is 0 Å². The maximum absolute atomic E-state index is 11.9. The average molecular weight is 401 g/mol. The lowest BCUT2D eigenvalue weighted by Crippen LogP contribution is -2.21. The quantitative estimate of drug-likeness (QED) is 0.597. The molecule has 140 valence electrons. The number of nitrogens with one attached hydrogen (secondary N) is 1. The van der Waals surface area contributed by atoms with Gasteiger partial charge in [-0.2, -0.15) is 0 Å². The molecule has 1 N–H and O–H groups in total. The lowest BCUT2D eigenvalue weighted by atomic mass is 10.1. The van der Waals surface area contributed by atoms with Crippen molar-refractivity contribution in [1.29, 1.82) is 0 Å². The van der Waals surface area contributed by atoms with E-state index in [9.17, 15) is 4.79 Å². The molecule has 0 aliphatic heterocycles. The normalized spacial score (nSPS) is 10.5. The van der Waals surface area contributed by atoms with E-state index in [0.29, 0.717) is 5.56 Å². The first-order valence-electron chi connectivity index (χ1n) is 8.23. The first-order valence-corrected chi connectivity index (χ1v) is 10.0. The van der Waals surface area contributed by atoms with Crippen molar-refractivity contribution < 1.29 is 9.53 Å². The second-order valence-electron chi connectivity index (χ2n) is 5.91. The number of anilines is 2. The summed E-state index contributed by atoms with van der Waals surface area (Å²) in [4.78, 5) is 13.5. The fourth-order valence-electron chi connectivity index (χ4n) is 2.26.